The standard InChI is InChI=1S/C19H21ClN6O4/c1-4-24-10-15(13(3)22-24)12(2)21-19(27)17-7-8-25(23-17)11-30-18-6-5-14(26(28)29)9-16(18)20/h5-10,12H,4,11H2,1-3H3,(H,21,27). The quantitative estimate of drug-likeness (QED) is 0.430. The molecule has 2 aromatic heterocycles. The van der Waals surface area contributed by atoms with Gasteiger partial charge >= 0.3 is 0 Å². The van der Waals surface area contributed by atoms with Gasteiger partial charge in [0.05, 0.1) is 21.7 Å². The van der Waals surface area contributed by atoms with Gasteiger partial charge < -0.3 is 10.1 Å². The van der Waals surface area contributed by atoms with Crippen LogP contribution in [0, 0.1) is 17.0 Å². The van der Waals surface area contributed by atoms with E-state index in [0.29, 0.717) is 0 Å². The van der Waals surface area contributed by atoms with Gasteiger partial charge in [0.2, 0.25) is 0 Å². The molecule has 0 aliphatic rings. The highest BCUT2D eigenvalue weighted by Crippen LogP contribution is 2.28. The molecule has 0 aliphatic carbocycles. The van der Waals surface area contributed by atoms with Crippen LogP contribution in [0.4, 0.5) is 5.69 Å². The van der Waals surface area contributed by atoms with Gasteiger partial charge in [0.25, 0.3) is 11.6 Å². The third-order valence-corrected chi connectivity index (χ3v) is 4.77. The first kappa shape index (κ1) is 21.3. The topological polar surface area (TPSA) is 117 Å². The average Bonchev–Trinajstić information content (AvgIpc) is 3.33. The molecule has 1 aromatic carbocycles. The monoisotopic (exact) mass is 432 g/mol. The third kappa shape index (κ3) is 4.77. The van der Waals surface area contributed by atoms with Gasteiger partial charge in [0, 0.05) is 36.6 Å². The van der Waals surface area contributed by atoms with Crippen molar-refractivity contribution in [2.24, 2.45) is 0 Å². The summed E-state index contributed by atoms with van der Waals surface area (Å²) in [5.74, 6) is -0.0425. The lowest BCUT2D eigenvalue weighted by Crippen LogP contribution is -2.27. The Balaban J connectivity index is 1.61. The second kappa shape index (κ2) is 8.95. The first-order valence-corrected chi connectivity index (χ1v) is 9.61. The molecule has 3 rings (SSSR count). The van der Waals surface area contributed by atoms with Crippen LogP contribution in [0.1, 0.15) is 41.6 Å². The minimum Gasteiger partial charge on any atom is -0.470 e. The lowest BCUT2D eigenvalue weighted by Gasteiger charge is -2.12. The number of nitro groups is 1. The number of nitro benzene ring substituents is 1. The zero-order valence-electron chi connectivity index (χ0n) is 16.7. The number of non-ortho nitro benzene ring substituents is 1. The first-order valence-electron chi connectivity index (χ1n) is 9.23. The van der Waals surface area contributed by atoms with E-state index < -0.39 is 4.92 Å². The van der Waals surface area contributed by atoms with Crippen molar-refractivity contribution in [2.75, 3.05) is 0 Å². The van der Waals surface area contributed by atoms with E-state index in [0.717, 1.165) is 17.8 Å². The number of amides is 1. The molecule has 1 N–H and O–H groups in total. The zero-order chi connectivity index (χ0) is 21.8. The van der Waals surface area contributed by atoms with Gasteiger partial charge in [-0.2, -0.15) is 10.2 Å². The number of ether oxygens (including phenoxy) is 1. The molecule has 0 aliphatic heterocycles. The molecule has 1 amide bonds. The van der Waals surface area contributed by atoms with Crippen LogP contribution in [-0.2, 0) is 13.3 Å². The summed E-state index contributed by atoms with van der Waals surface area (Å²) in [5.41, 5.74) is 1.92. The Bertz CT molecular complexity index is 1080. The molecule has 11 heteroatoms. The van der Waals surface area contributed by atoms with Crippen molar-refractivity contribution in [1.29, 1.82) is 0 Å². The summed E-state index contributed by atoms with van der Waals surface area (Å²) in [6.07, 6.45) is 3.51. The molecular weight excluding hydrogens is 412 g/mol. The van der Waals surface area contributed by atoms with E-state index in [1.807, 2.05) is 31.6 Å². The molecule has 3 aromatic rings. The number of carbonyl (C=O) groups excluding carboxylic acids is 1. The highest BCUT2D eigenvalue weighted by molar-refractivity contribution is 6.32. The molecule has 0 spiro atoms. The van der Waals surface area contributed by atoms with Gasteiger partial charge in [-0.1, -0.05) is 11.6 Å². The van der Waals surface area contributed by atoms with E-state index in [2.05, 4.69) is 15.5 Å². The van der Waals surface area contributed by atoms with Crippen LogP contribution in [0.3, 0.4) is 0 Å². The van der Waals surface area contributed by atoms with Gasteiger partial charge in [-0.15, -0.1) is 0 Å². The van der Waals surface area contributed by atoms with Crippen LogP contribution < -0.4 is 10.1 Å². The number of hydrogen-bond donors (Lipinski definition) is 1. The number of aromatic nitrogens is 4. The van der Waals surface area contributed by atoms with E-state index in [4.69, 9.17) is 16.3 Å². The van der Waals surface area contributed by atoms with Crippen LogP contribution in [0.2, 0.25) is 5.02 Å². The maximum Gasteiger partial charge on any atom is 0.272 e. The van der Waals surface area contributed by atoms with E-state index >= 15 is 0 Å². The molecule has 158 valence electrons. The molecule has 30 heavy (non-hydrogen) atoms. The van der Waals surface area contributed by atoms with Crippen LogP contribution >= 0.6 is 11.6 Å². The molecule has 1 unspecified atom stereocenters. The van der Waals surface area contributed by atoms with Crippen LogP contribution in [0.15, 0.2) is 36.7 Å². The van der Waals surface area contributed by atoms with Crippen molar-refractivity contribution in [3.8, 4) is 5.75 Å². The molecule has 0 radical (unpaired) electrons. The third-order valence-electron chi connectivity index (χ3n) is 4.47. The number of aryl methyl sites for hydroxylation is 2. The molecule has 0 saturated heterocycles. The van der Waals surface area contributed by atoms with Gasteiger partial charge in [0.1, 0.15) is 11.4 Å². The Morgan fingerprint density at radius 3 is 2.73 bits per heavy atom. The molecule has 0 saturated carbocycles. The molecule has 0 bridgehead atoms. The van der Waals surface area contributed by atoms with Crippen LogP contribution in [0.25, 0.3) is 0 Å². The number of nitrogens with zero attached hydrogens (tertiary/aromatic N) is 5. The van der Waals surface area contributed by atoms with Crippen molar-refractivity contribution in [3.63, 3.8) is 0 Å². The summed E-state index contributed by atoms with van der Waals surface area (Å²) in [6, 6.07) is 5.28. The number of hydrogen-bond acceptors (Lipinski definition) is 6. The molecule has 1 atom stereocenters. The Hall–Kier alpha value is -3.40. The number of rotatable bonds is 8. The highest BCUT2D eigenvalue weighted by atomic mass is 35.5. The lowest BCUT2D eigenvalue weighted by atomic mass is 10.1. The summed E-state index contributed by atoms with van der Waals surface area (Å²) in [5, 5.41) is 22.4. The fourth-order valence-electron chi connectivity index (χ4n) is 2.88. The minimum absolute atomic E-state index is 0.0112. The van der Waals surface area contributed by atoms with Gasteiger partial charge in [-0.3, -0.25) is 19.6 Å². The number of carbonyl (C=O) groups is 1. The van der Waals surface area contributed by atoms with Crippen LogP contribution in [-0.4, -0.2) is 30.4 Å². The second-order valence-electron chi connectivity index (χ2n) is 6.61. The minimum atomic E-state index is -0.538. The molecular formula is C19H21ClN6O4. The molecule has 10 nitrogen and oxygen atoms in total. The van der Waals surface area contributed by atoms with E-state index in [-0.39, 0.29) is 40.8 Å². The van der Waals surface area contributed by atoms with E-state index in [1.165, 1.54) is 22.9 Å². The number of benzene rings is 1. The second-order valence-corrected chi connectivity index (χ2v) is 7.01. The van der Waals surface area contributed by atoms with E-state index in [1.54, 1.807) is 12.3 Å². The van der Waals surface area contributed by atoms with Crippen molar-refractivity contribution in [3.05, 3.63) is 68.7 Å². The molecule has 0 fully saturated rings. The number of nitrogens with one attached hydrogen (secondary N) is 1. The predicted molar refractivity (Wildman–Crippen MR) is 109 cm³/mol. The largest absolute Gasteiger partial charge is 0.470 e. The fourth-order valence-corrected chi connectivity index (χ4v) is 3.11. The summed E-state index contributed by atoms with van der Waals surface area (Å²) in [6.45, 7) is 6.53. The van der Waals surface area contributed by atoms with Gasteiger partial charge in [-0.25, -0.2) is 4.68 Å². The summed E-state index contributed by atoms with van der Waals surface area (Å²) in [4.78, 5) is 22.7. The SMILES string of the molecule is CCn1cc(C(C)NC(=O)c2ccn(COc3ccc([N+](=O)[O-])cc3Cl)n2)c(C)n1. The summed E-state index contributed by atoms with van der Waals surface area (Å²) < 4.78 is 8.79. The Kier molecular flexibility index (Phi) is 6.36. The summed E-state index contributed by atoms with van der Waals surface area (Å²) in [7, 11) is 0. The average molecular weight is 433 g/mol. The van der Waals surface area contributed by atoms with Crippen molar-refractivity contribution >= 4 is 23.2 Å². The number of halogens is 1. The van der Waals surface area contributed by atoms with Gasteiger partial charge in [-0.05, 0) is 32.9 Å². The fraction of sp³-hybridized carbons (Fsp3) is 0.316. The first-order chi connectivity index (χ1) is 14.3. The van der Waals surface area contributed by atoms with Crippen molar-refractivity contribution < 1.29 is 14.5 Å². The van der Waals surface area contributed by atoms with Crippen LogP contribution in [0.5, 0.6) is 5.75 Å². The summed E-state index contributed by atoms with van der Waals surface area (Å²) >= 11 is 6.01. The van der Waals surface area contributed by atoms with Crippen molar-refractivity contribution in [1.82, 2.24) is 24.9 Å². The Labute approximate surface area is 177 Å². The Morgan fingerprint density at radius 2 is 2.10 bits per heavy atom. The smallest absolute Gasteiger partial charge is 0.272 e. The normalized spacial score (nSPS) is 11.9. The van der Waals surface area contributed by atoms with E-state index in [9.17, 15) is 14.9 Å². The zero-order valence-corrected chi connectivity index (χ0v) is 17.5. The lowest BCUT2D eigenvalue weighted by molar-refractivity contribution is -0.384. The predicted octanol–water partition coefficient (Wildman–Crippen LogP) is 3.50. The molecule has 2 heterocycles. The maximum atomic E-state index is 12.5. The van der Waals surface area contributed by atoms with Gasteiger partial charge in [0.15, 0.2) is 6.73 Å². The maximum absolute atomic E-state index is 12.5. The van der Waals surface area contributed by atoms with Crippen molar-refractivity contribution in [2.45, 2.75) is 40.1 Å². The highest BCUT2D eigenvalue weighted by Gasteiger charge is 2.18. The Morgan fingerprint density at radius 1 is 1.33 bits per heavy atom.